The Labute approximate surface area is 91.4 Å². The highest BCUT2D eigenvalue weighted by atomic mass is 16.5. The Morgan fingerprint density at radius 3 is 2.38 bits per heavy atom. The molecule has 0 aliphatic rings. The standard InChI is InChI=1S/C8H14N2O6/c1-16-8(15)5(3-11)10-7(14)4(9)2-6(12)13/h4-5,11H,2-3,9H2,1H3,(H,10,14)(H,12,13)/t4-,5+/m1/s1. The molecule has 0 unspecified atom stereocenters. The molecule has 0 saturated carbocycles. The molecule has 0 saturated heterocycles. The number of aliphatic hydroxyl groups excluding tert-OH is 1. The van der Waals surface area contributed by atoms with Crippen LogP contribution in [0, 0.1) is 0 Å². The van der Waals surface area contributed by atoms with Crippen LogP contribution in [-0.4, -0.2) is 53.9 Å². The summed E-state index contributed by atoms with van der Waals surface area (Å²) in [5.41, 5.74) is 5.24. The fourth-order valence-corrected chi connectivity index (χ4v) is 0.881. The van der Waals surface area contributed by atoms with Crippen LogP contribution in [0.4, 0.5) is 0 Å². The van der Waals surface area contributed by atoms with Crippen molar-refractivity contribution in [2.45, 2.75) is 18.5 Å². The number of amides is 1. The van der Waals surface area contributed by atoms with E-state index in [1.165, 1.54) is 0 Å². The number of hydrogen-bond donors (Lipinski definition) is 4. The molecule has 0 spiro atoms. The first-order valence-electron chi connectivity index (χ1n) is 4.38. The van der Waals surface area contributed by atoms with E-state index in [0.717, 1.165) is 7.11 Å². The molecule has 0 fully saturated rings. The van der Waals surface area contributed by atoms with Gasteiger partial charge in [0, 0.05) is 0 Å². The maximum absolute atomic E-state index is 11.2. The van der Waals surface area contributed by atoms with Crippen molar-refractivity contribution in [3.63, 3.8) is 0 Å². The van der Waals surface area contributed by atoms with Crippen molar-refractivity contribution in [3.8, 4) is 0 Å². The van der Waals surface area contributed by atoms with Gasteiger partial charge >= 0.3 is 11.9 Å². The molecule has 92 valence electrons. The number of nitrogens with one attached hydrogen (secondary N) is 1. The molecule has 0 bridgehead atoms. The van der Waals surface area contributed by atoms with Gasteiger partial charge in [0.05, 0.1) is 26.2 Å². The third-order valence-corrected chi connectivity index (χ3v) is 1.72. The average Bonchev–Trinajstić information content (AvgIpc) is 2.23. The zero-order chi connectivity index (χ0) is 12.7. The first kappa shape index (κ1) is 14.3. The minimum Gasteiger partial charge on any atom is -0.481 e. The zero-order valence-electron chi connectivity index (χ0n) is 8.67. The highest BCUT2D eigenvalue weighted by Gasteiger charge is 2.24. The topological polar surface area (TPSA) is 139 Å². The molecule has 0 rings (SSSR count). The van der Waals surface area contributed by atoms with E-state index in [2.05, 4.69) is 10.1 Å². The number of ether oxygens (including phenoxy) is 1. The molecule has 8 heteroatoms. The summed E-state index contributed by atoms with van der Waals surface area (Å²) in [6.45, 7) is -0.655. The summed E-state index contributed by atoms with van der Waals surface area (Å²) in [5, 5.41) is 19.2. The van der Waals surface area contributed by atoms with Crippen LogP contribution in [0.5, 0.6) is 0 Å². The van der Waals surface area contributed by atoms with Gasteiger partial charge in [-0.25, -0.2) is 4.79 Å². The normalized spacial score (nSPS) is 13.7. The highest BCUT2D eigenvalue weighted by Crippen LogP contribution is 1.92. The summed E-state index contributed by atoms with van der Waals surface area (Å²) in [6, 6.07) is -2.52. The third kappa shape index (κ3) is 4.71. The van der Waals surface area contributed by atoms with Crippen LogP contribution in [-0.2, 0) is 19.1 Å². The number of hydrogen-bond acceptors (Lipinski definition) is 6. The fraction of sp³-hybridized carbons (Fsp3) is 0.625. The van der Waals surface area contributed by atoms with Gasteiger partial charge in [0.1, 0.15) is 0 Å². The molecular weight excluding hydrogens is 220 g/mol. The van der Waals surface area contributed by atoms with Crippen LogP contribution in [0.15, 0.2) is 0 Å². The molecule has 8 nitrogen and oxygen atoms in total. The molecule has 0 aromatic carbocycles. The molecule has 0 aliphatic heterocycles. The lowest BCUT2D eigenvalue weighted by Crippen LogP contribution is -2.50. The number of carbonyl (C=O) groups is 3. The van der Waals surface area contributed by atoms with Crippen molar-refractivity contribution in [1.29, 1.82) is 0 Å². The Morgan fingerprint density at radius 1 is 1.44 bits per heavy atom. The van der Waals surface area contributed by atoms with Gasteiger partial charge in [-0.05, 0) is 0 Å². The Hall–Kier alpha value is -1.67. The molecule has 0 aromatic heterocycles. The number of carboxylic acid groups (broad SMARTS) is 1. The fourth-order valence-electron chi connectivity index (χ4n) is 0.881. The number of methoxy groups -OCH3 is 1. The predicted octanol–water partition coefficient (Wildman–Crippen LogP) is -2.56. The lowest BCUT2D eigenvalue weighted by Gasteiger charge is -2.16. The summed E-state index contributed by atoms with van der Waals surface area (Å²) in [5.74, 6) is -2.91. The lowest BCUT2D eigenvalue weighted by atomic mass is 10.2. The Bertz CT molecular complexity index is 280. The molecular formula is C8H14N2O6. The number of esters is 1. The summed E-state index contributed by atoms with van der Waals surface area (Å²) in [6.07, 6.45) is -0.564. The van der Waals surface area contributed by atoms with Crippen molar-refractivity contribution < 1.29 is 29.3 Å². The number of aliphatic carboxylic acids is 1. The van der Waals surface area contributed by atoms with Gasteiger partial charge in [-0.3, -0.25) is 9.59 Å². The largest absolute Gasteiger partial charge is 0.481 e. The monoisotopic (exact) mass is 234 g/mol. The van der Waals surface area contributed by atoms with Crippen molar-refractivity contribution in [3.05, 3.63) is 0 Å². The minimum absolute atomic E-state index is 0.564. The van der Waals surface area contributed by atoms with E-state index in [9.17, 15) is 14.4 Å². The van der Waals surface area contributed by atoms with Crippen molar-refractivity contribution in [2.24, 2.45) is 5.73 Å². The summed E-state index contributed by atoms with van der Waals surface area (Å²) in [7, 11) is 1.09. The van der Waals surface area contributed by atoms with Crippen LogP contribution in [0.3, 0.4) is 0 Å². The van der Waals surface area contributed by atoms with Gasteiger partial charge in [-0.1, -0.05) is 0 Å². The number of nitrogens with two attached hydrogens (primary N) is 1. The smallest absolute Gasteiger partial charge is 0.330 e. The molecule has 0 heterocycles. The molecule has 16 heavy (non-hydrogen) atoms. The van der Waals surface area contributed by atoms with Gasteiger partial charge < -0.3 is 26.0 Å². The summed E-state index contributed by atoms with van der Waals surface area (Å²) < 4.78 is 4.29. The number of carboxylic acids is 1. The van der Waals surface area contributed by atoms with E-state index in [1.54, 1.807) is 0 Å². The molecule has 0 aliphatic carbocycles. The molecule has 0 radical (unpaired) electrons. The second-order valence-electron chi connectivity index (χ2n) is 2.97. The number of aliphatic hydroxyl groups is 1. The molecule has 5 N–H and O–H groups in total. The van der Waals surface area contributed by atoms with E-state index in [0.29, 0.717) is 0 Å². The van der Waals surface area contributed by atoms with E-state index in [-0.39, 0.29) is 0 Å². The van der Waals surface area contributed by atoms with Crippen LogP contribution >= 0.6 is 0 Å². The first-order chi connectivity index (χ1) is 7.42. The first-order valence-corrected chi connectivity index (χ1v) is 4.38. The van der Waals surface area contributed by atoms with Crippen LogP contribution in [0.1, 0.15) is 6.42 Å². The van der Waals surface area contributed by atoms with Crippen LogP contribution in [0.2, 0.25) is 0 Å². The molecule has 1 amide bonds. The van der Waals surface area contributed by atoms with Gasteiger partial charge in [0.2, 0.25) is 5.91 Å². The number of rotatable bonds is 6. The van der Waals surface area contributed by atoms with E-state index < -0.39 is 43.0 Å². The van der Waals surface area contributed by atoms with Crippen LogP contribution < -0.4 is 11.1 Å². The van der Waals surface area contributed by atoms with Crippen molar-refractivity contribution in [1.82, 2.24) is 5.32 Å². The maximum atomic E-state index is 11.2. The Balaban J connectivity index is 4.29. The third-order valence-electron chi connectivity index (χ3n) is 1.72. The van der Waals surface area contributed by atoms with Crippen molar-refractivity contribution >= 4 is 17.8 Å². The zero-order valence-corrected chi connectivity index (χ0v) is 8.67. The van der Waals surface area contributed by atoms with E-state index >= 15 is 0 Å². The van der Waals surface area contributed by atoms with Gasteiger partial charge in [0.25, 0.3) is 0 Å². The van der Waals surface area contributed by atoms with E-state index in [4.69, 9.17) is 15.9 Å². The van der Waals surface area contributed by atoms with E-state index in [1.807, 2.05) is 0 Å². The highest BCUT2D eigenvalue weighted by molar-refractivity contribution is 5.89. The lowest BCUT2D eigenvalue weighted by molar-refractivity contribution is -0.146. The van der Waals surface area contributed by atoms with Crippen LogP contribution in [0.25, 0.3) is 0 Å². The quantitative estimate of drug-likeness (QED) is 0.370. The Kier molecular flexibility index (Phi) is 6.04. The average molecular weight is 234 g/mol. The molecule has 0 aromatic rings. The Morgan fingerprint density at radius 2 is 2.00 bits per heavy atom. The van der Waals surface area contributed by atoms with Gasteiger partial charge in [0.15, 0.2) is 6.04 Å². The van der Waals surface area contributed by atoms with Crippen molar-refractivity contribution in [2.75, 3.05) is 13.7 Å². The summed E-state index contributed by atoms with van der Waals surface area (Å²) in [4.78, 5) is 32.5. The second kappa shape index (κ2) is 6.75. The van der Waals surface area contributed by atoms with Gasteiger partial charge in [-0.2, -0.15) is 0 Å². The molecule has 2 atom stereocenters. The minimum atomic E-state index is -1.28. The summed E-state index contributed by atoms with van der Waals surface area (Å²) >= 11 is 0. The maximum Gasteiger partial charge on any atom is 0.330 e. The second-order valence-corrected chi connectivity index (χ2v) is 2.97. The SMILES string of the molecule is COC(=O)[C@H](CO)NC(=O)[C@H](N)CC(=O)O. The predicted molar refractivity (Wildman–Crippen MR) is 51.3 cm³/mol. The van der Waals surface area contributed by atoms with Gasteiger partial charge in [-0.15, -0.1) is 0 Å². The number of carbonyl (C=O) groups excluding carboxylic acids is 2.